The number of hydrogen-bond acceptors (Lipinski definition) is 4. The van der Waals surface area contributed by atoms with Gasteiger partial charge in [0.1, 0.15) is 6.04 Å². The van der Waals surface area contributed by atoms with Crippen LogP contribution >= 0.6 is 0 Å². The van der Waals surface area contributed by atoms with Crippen LogP contribution < -0.4 is 11.0 Å². The second-order valence-corrected chi connectivity index (χ2v) is 16.1. The second kappa shape index (κ2) is 8.96. The maximum absolute atomic E-state index is 13.2. The molecular weight excluding hydrogens is 446 g/mol. The summed E-state index contributed by atoms with van der Waals surface area (Å²) >= 11 is 0. The Morgan fingerprint density at radius 1 is 1.12 bits per heavy atom. The van der Waals surface area contributed by atoms with E-state index < -0.39 is 20.3 Å². The van der Waals surface area contributed by atoms with E-state index in [1.165, 1.54) is 5.57 Å². The minimum atomic E-state index is -1.76. The molecule has 184 valence electrons. The van der Waals surface area contributed by atoms with Gasteiger partial charge in [-0.2, -0.15) is 0 Å². The zero-order valence-corrected chi connectivity index (χ0v) is 22.2. The van der Waals surface area contributed by atoms with Gasteiger partial charge in [0.15, 0.2) is 8.32 Å². The van der Waals surface area contributed by atoms with E-state index in [-0.39, 0.29) is 23.1 Å². The molecule has 2 aliphatic rings. The molecule has 0 saturated carbocycles. The van der Waals surface area contributed by atoms with E-state index in [1.807, 2.05) is 12.1 Å². The molecule has 1 aliphatic heterocycles. The predicted molar refractivity (Wildman–Crippen MR) is 137 cm³/mol. The van der Waals surface area contributed by atoms with Crippen LogP contribution in [0, 0.1) is 5.92 Å². The van der Waals surface area contributed by atoms with Crippen LogP contribution in [-0.2, 0) is 21.1 Å². The van der Waals surface area contributed by atoms with Crippen molar-refractivity contribution < 1.29 is 14.0 Å². The summed E-state index contributed by atoms with van der Waals surface area (Å²) in [6.07, 6.45) is 5.82. The summed E-state index contributed by atoms with van der Waals surface area (Å²) in [5.41, 5.74) is 3.65. The van der Waals surface area contributed by atoms with Gasteiger partial charge in [-0.05, 0) is 61.4 Å². The number of carbonyl (C=O) groups excluding carboxylic acids is 2. The maximum atomic E-state index is 13.2. The largest absolute Gasteiger partial charge is 0.417 e. The Balaban J connectivity index is 1.60. The molecule has 0 radical (unpaired) electrons. The van der Waals surface area contributed by atoms with Gasteiger partial charge in [-0.15, -0.1) is 0 Å². The molecule has 7 nitrogen and oxygen atoms in total. The molecule has 2 aromatic rings. The van der Waals surface area contributed by atoms with Gasteiger partial charge in [-0.25, -0.2) is 4.79 Å². The van der Waals surface area contributed by atoms with Gasteiger partial charge in [0.25, 0.3) is 0 Å². The molecule has 1 aliphatic carbocycles. The molecule has 4 rings (SSSR count). The number of imide groups is 1. The average Bonchev–Trinajstić information content (AvgIpc) is 3.02. The topological polar surface area (TPSA) is 82.3 Å². The highest BCUT2D eigenvalue weighted by Gasteiger charge is 2.38. The van der Waals surface area contributed by atoms with Crippen molar-refractivity contribution in [1.82, 2.24) is 14.5 Å². The summed E-state index contributed by atoms with van der Waals surface area (Å²) in [4.78, 5) is 37.3. The molecule has 2 heterocycles. The Bertz CT molecular complexity index is 1220. The minimum absolute atomic E-state index is 0.207. The molecule has 0 spiro atoms. The van der Waals surface area contributed by atoms with Crippen molar-refractivity contribution in [3.8, 4) is 0 Å². The van der Waals surface area contributed by atoms with Gasteiger partial charge in [0.2, 0.25) is 11.8 Å². The number of nitrogens with one attached hydrogen (secondary N) is 1. The number of piperidine rings is 1. The van der Waals surface area contributed by atoms with Gasteiger partial charge >= 0.3 is 5.69 Å². The van der Waals surface area contributed by atoms with Crippen LogP contribution in [0.4, 0.5) is 0 Å². The fraction of sp³-hybridized carbons (Fsp3) is 0.577. The van der Waals surface area contributed by atoms with E-state index in [0.29, 0.717) is 12.3 Å². The highest BCUT2D eigenvalue weighted by atomic mass is 28.4. The second-order valence-electron chi connectivity index (χ2n) is 11.3. The molecule has 2 unspecified atom stereocenters. The number of allylic oxidation sites excluding steroid dienone is 2. The number of aromatic nitrogens is 2. The minimum Gasteiger partial charge on any atom is -0.417 e. The molecule has 34 heavy (non-hydrogen) atoms. The van der Waals surface area contributed by atoms with Crippen molar-refractivity contribution in [2.45, 2.75) is 77.0 Å². The van der Waals surface area contributed by atoms with Crippen molar-refractivity contribution in [2.75, 3.05) is 6.61 Å². The highest BCUT2D eigenvalue weighted by molar-refractivity contribution is 6.74. The number of imidazole rings is 1. The van der Waals surface area contributed by atoms with Crippen LogP contribution in [0.25, 0.3) is 16.6 Å². The Kier molecular flexibility index (Phi) is 6.50. The highest BCUT2D eigenvalue weighted by Crippen LogP contribution is 2.39. The molecule has 1 aromatic heterocycles. The number of amides is 2. The number of aryl methyl sites for hydroxylation is 1. The van der Waals surface area contributed by atoms with Gasteiger partial charge < -0.3 is 4.43 Å². The van der Waals surface area contributed by atoms with Crippen molar-refractivity contribution in [3.05, 3.63) is 40.3 Å². The van der Waals surface area contributed by atoms with E-state index in [2.05, 4.69) is 51.3 Å². The first-order valence-electron chi connectivity index (χ1n) is 12.3. The smallest absolute Gasteiger partial charge is 0.329 e. The normalized spacial score (nSPS) is 22.1. The number of benzene rings is 1. The van der Waals surface area contributed by atoms with Crippen LogP contribution in [-0.4, -0.2) is 35.9 Å². The van der Waals surface area contributed by atoms with E-state index >= 15 is 0 Å². The number of rotatable bonds is 5. The molecule has 1 saturated heterocycles. The summed E-state index contributed by atoms with van der Waals surface area (Å²) in [5.74, 6) is -0.179. The van der Waals surface area contributed by atoms with Crippen LogP contribution in [0.5, 0.6) is 0 Å². The van der Waals surface area contributed by atoms with E-state index in [0.717, 1.165) is 42.5 Å². The summed E-state index contributed by atoms with van der Waals surface area (Å²) in [6, 6.07) is 5.24. The van der Waals surface area contributed by atoms with Crippen molar-refractivity contribution >= 4 is 36.7 Å². The molecule has 2 amide bonds. The van der Waals surface area contributed by atoms with Crippen molar-refractivity contribution in [1.29, 1.82) is 0 Å². The first kappa shape index (κ1) is 24.7. The van der Waals surface area contributed by atoms with Crippen molar-refractivity contribution in [2.24, 2.45) is 13.0 Å². The van der Waals surface area contributed by atoms with Gasteiger partial charge in [-0.1, -0.05) is 39.0 Å². The number of hydrogen-bond donors (Lipinski definition) is 1. The number of para-hydroxylation sites is 1. The molecule has 1 aromatic carbocycles. The molecule has 0 bridgehead atoms. The average molecular weight is 484 g/mol. The molecule has 8 heteroatoms. The fourth-order valence-corrected chi connectivity index (χ4v) is 5.84. The fourth-order valence-electron chi connectivity index (χ4n) is 4.75. The van der Waals surface area contributed by atoms with Crippen LogP contribution in [0.1, 0.15) is 64.5 Å². The third-order valence-electron chi connectivity index (χ3n) is 7.98. The Hall–Kier alpha value is -2.45. The van der Waals surface area contributed by atoms with E-state index in [4.69, 9.17) is 4.43 Å². The van der Waals surface area contributed by atoms with Crippen LogP contribution in [0.3, 0.4) is 0 Å². The van der Waals surface area contributed by atoms with E-state index in [1.54, 1.807) is 16.2 Å². The van der Waals surface area contributed by atoms with Gasteiger partial charge in [-0.3, -0.25) is 24.0 Å². The standard InChI is InChI=1S/C26H37N3O4Si/c1-26(2,3)34(5,6)33-16-17-10-12-18(13-11-17)19-8-7-9-20-23(19)28(4)25(32)29(20)21-14-15-22(30)27-24(21)31/h7-9,12,17,21H,10-11,13-16H2,1-6H3,(H,27,30,31). The zero-order valence-electron chi connectivity index (χ0n) is 21.2. The number of fused-ring (bicyclic) bond motifs is 1. The number of carbonyl (C=O) groups is 2. The molecule has 2 atom stereocenters. The summed E-state index contributed by atoms with van der Waals surface area (Å²) < 4.78 is 9.66. The lowest BCUT2D eigenvalue weighted by Crippen LogP contribution is -2.44. The molecule has 1 N–H and O–H groups in total. The predicted octanol–water partition coefficient (Wildman–Crippen LogP) is 4.52. The van der Waals surface area contributed by atoms with Crippen LogP contribution in [0.15, 0.2) is 29.1 Å². The molecular formula is C26H37N3O4Si. The zero-order chi connectivity index (χ0) is 24.8. The summed E-state index contributed by atoms with van der Waals surface area (Å²) in [5, 5.41) is 2.58. The SMILES string of the molecule is Cn1c(=O)n(C2CCC(=O)NC2=O)c2cccc(C3=CCC(CO[Si](C)(C)C(C)(C)C)CC3)c21. The van der Waals surface area contributed by atoms with E-state index in [9.17, 15) is 14.4 Å². The lowest BCUT2D eigenvalue weighted by Gasteiger charge is -2.37. The summed E-state index contributed by atoms with van der Waals surface area (Å²) in [7, 11) is 0.000813. The lowest BCUT2D eigenvalue weighted by molar-refractivity contribution is -0.135. The number of nitrogens with zero attached hydrogens (tertiary/aromatic N) is 2. The third kappa shape index (κ3) is 4.45. The van der Waals surface area contributed by atoms with Crippen molar-refractivity contribution in [3.63, 3.8) is 0 Å². The monoisotopic (exact) mass is 483 g/mol. The first-order chi connectivity index (χ1) is 15.9. The van der Waals surface area contributed by atoms with Gasteiger partial charge in [0, 0.05) is 25.6 Å². The Morgan fingerprint density at radius 2 is 1.85 bits per heavy atom. The summed E-state index contributed by atoms with van der Waals surface area (Å²) in [6.45, 7) is 12.2. The first-order valence-corrected chi connectivity index (χ1v) is 15.2. The quantitative estimate of drug-likeness (QED) is 0.501. The lowest BCUT2D eigenvalue weighted by atomic mass is 9.86. The Morgan fingerprint density at radius 3 is 2.47 bits per heavy atom. The maximum Gasteiger partial charge on any atom is 0.329 e. The Labute approximate surface area is 202 Å². The molecule has 1 fully saturated rings. The van der Waals surface area contributed by atoms with Gasteiger partial charge in [0.05, 0.1) is 11.0 Å². The van der Waals surface area contributed by atoms with Crippen LogP contribution in [0.2, 0.25) is 18.1 Å². The third-order valence-corrected chi connectivity index (χ3v) is 12.5.